The van der Waals surface area contributed by atoms with Crippen LogP contribution in [0.5, 0.6) is 0 Å². The van der Waals surface area contributed by atoms with E-state index < -0.39 is 5.60 Å². The predicted octanol–water partition coefficient (Wildman–Crippen LogP) is 2.36. The van der Waals surface area contributed by atoms with Crippen molar-refractivity contribution < 1.29 is 14.3 Å². The van der Waals surface area contributed by atoms with Crippen molar-refractivity contribution in [1.29, 1.82) is 0 Å². The summed E-state index contributed by atoms with van der Waals surface area (Å²) in [6.07, 6.45) is 4.81. The van der Waals surface area contributed by atoms with Crippen LogP contribution in [0.1, 0.15) is 30.6 Å². The molecule has 2 aromatic rings. The molecule has 5 nitrogen and oxygen atoms in total. The van der Waals surface area contributed by atoms with Crippen LogP contribution in [-0.2, 0) is 17.8 Å². The fourth-order valence-electron chi connectivity index (χ4n) is 3.37. The monoisotopic (exact) mass is 342 g/mol. The number of nitrogens with one attached hydrogen (secondary N) is 1. The molecule has 3 rings (SSSR count). The van der Waals surface area contributed by atoms with Gasteiger partial charge in [0.2, 0.25) is 0 Å². The Labute approximate surface area is 148 Å². The molecule has 25 heavy (non-hydrogen) atoms. The highest BCUT2D eigenvalue weighted by molar-refractivity contribution is 5.86. The van der Waals surface area contributed by atoms with Gasteiger partial charge in [0.05, 0.1) is 12.8 Å². The first-order valence-electron chi connectivity index (χ1n) is 8.96. The van der Waals surface area contributed by atoms with Gasteiger partial charge in [0, 0.05) is 19.6 Å². The number of furan rings is 1. The molecule has 0 bridgehead atoms. The molecule has 2 heterocycles. The summed E-state index contributed by atoms with van der Waals surface area (Å²) in [6, 6.07) is 14.0. The van der Waals surface area contributed by atoms with Crippen molar-refractivity contribution in [3.63, 3.8) is 0 Å². The molecule has 2 N–H and O–H groups in total. The predicted molar refractivity (Wildman–Crippen MR) is 95.9 cm³/mol. The molecular formula is C20H26N2O3. The molecule has 1 aliphatic rings. The van der Waals surface area contributed by atoms with Crippen molar-refractivity contribution in [2.45, 2.75) is 37.8 Å². The minimum absolute atomic E-state index is 0.154. The second kappa shape index (κ2) is 8.32. The van der Waals surface area contributed by atoms with Crippen LogP contribution in [0.2, 0.25) is 0 Å². The normalized spacial score (nSPS) is 20.8. The van der Waals surface area contributed by atoms with Crippen LogP contribution in [0.3, 0.4) is 0 Å². The number of likely N-dealkylation sites (tertiary alicyclic amines) is 1. The number of carbonyl (C=O) groups excluding carboxylic acids is 1. The van der Waals surface area contributed by atoms with Crippen LogP contribution in [-0.4, -0.2) is 41.1 Å². The lowest BCUT2D eigenvalue weighted by Gasteiger charge is -2.38. The summed E-state index contributed by atoms with van der Waals surface area (Å²) in [5, 5.41) is 13.9. The maximum atomic E-state index is 12.7. The number of aliphatic hydroxyl groups is 1. The van der Waals surface area contributed by atoms with E-state index in [4.69, 9.17) is 4.42 Å². The minimum atomic E-state index is -1.31. The molecule has 1 aromatic carbocycles. The number of benzene rings is 1. The van der Waals surface area contributed by atoms with Crippen molar-refractivity contribution in [3.05, 3.63) is 60.1 Å². The van der Waals surface area contributed by atoms with Gasteiger partial charge in [-0.05, 0) is 43.4 Å². The zero-order valence-corrected chi connectivity index (χ0v) is 14.5. The van der Waals surface area contributed by atoms with Gasteiger partial charge in [0.15, 0.2) is 5.60 Å². The van der Waals surface area contributed by atoms with E-state index >= 15 is 0 Å². The fourth-order valence-corrected chi connectivity index (χ4v) is 3.37. The highest BCUT2D eigenvalue weighted by atomic mass is 16.3. The van der Waals surface area contributed by atoms with E-state index in [0.717, 1.165) is 31.6 Å². The third kappa shape index (κ3) is 4.71. The van der Waals surface area contributed by atoms with Gasteiger partial charge < -0.3 is 19.7 Å². The summed E-state index contributed by atoms with van der Waals surface area (Å²) in [4.78, 5) is 14.5. The average molecular weight is 342 g/mol. The standard InChI is InChI=1S/C20H26N2O3/c23-19-20(24,16-21-15-18-10-5-14-25-18)11-6-13-22(19)12-4-9-17-7-2-1-3-8-17/h1-3,5,7-8,10,14,21,24H,4,6,9,11-13,15-16H2/t20-/m1/s1. The number of nitrogens with zero attached hydrogens (tertiary/aromatic N) is 1. The molecule has 0 radical (unpaired) electrons. The van der Waals surface area contributed by atoms with Crippen molar-refractivity contribution in [3.8, 4) is 0 Å². The third-order valence-corrected chi connectivity index (χ3v) is 4.74. The van der Waals surface area contributed by atoms with Crippen molar-refractivity contribution in [2.24, 2.45) is 0 Å². The van der Waals surface area contributed by atoms with E-state index in [2.05, 4.69) is 17.4 Å². The molecule has 1 atom stereocenters. The van der Waals surface area contributed by atoms with Gasteiger partial charge in [-0.1, -0.05) is 30.3 Å². The second-order valence-electron chi connectivity index (χ2n) is 6.70. The van der Waals surface area contributed by atoms with Crippen molar-refractivity contribution in [2.75, 3.05) is 19.6 Å². The maximum absolute atomic E-state index is 12.7. The number of hydrogen-bond acceptors (Lipinski definition) is 4. The van der Waals surface area contributed by atoms with Crippen molar-refractivity contribution in [1.82, 2.24) is 10.2 Å². The molecule has 1 fully saturated rings. The Kier molecular flexibility index (Phi) is 5.89. The maximum Gasteiger partial charge on any atom is 0.255 e. The Morgan fingerprint density at radius 3 is 2.80 bits per heavy atom. The Bertz CT molecular complexity index is 657. The van der Waals surface area contributed by atoms with Gasteiger partial charge in [-0.2, -0.15) is 0 Å². The highest BCUT2D eigenvalue weighted by Crippen LogP contribution is 2.23. The molecule has 1 saturated heterocycles. The molecule has 0 unspecified atom stereocenters. The number of carbonyl (C=O) groups is 1. The summed E-state index contributed by atoms with van der Waals surface area (Å²) < 4.78 is 5.26. The SMILES string of the molecule is O=C1N(CCCc2ccccc2)CCC[C@@]1(O)CNCc1ccco1. The van der Waals surface area contributed by atoms with Gasteiger partial charge in [0.25, 0.3) is 5.91 Å². The largest absolute Gasteiger partial charge is 0.468 e. The van der Waals surface area contributed by atoms with E-state index in [0.29, 0.717) is 19.5 Å². The van der Waals surface area contributed by atoms with E-state index in [9.17, 15) is 9.90 Å². The number of hydrogen-bond donors (Lipinski definition) is 2. The number of piperidine rings is 1. The minimum Gasteiger partial charge on any atom is -0.468 e. The first-order chi connectivity index (χ1) is 12.2. The Balaban J connectivity index is 1.47. The van der Waals surface area contributed by atoms with Crippen LogP contribution in [0.15, 0.2) is 53.1 Å². The zero-order chi connectivity index (χ0) is 17.5. The van der Waals surface area contributed by atoms with Gasteiger partial charge in [-0.25, -0.2) is 0 Å². The highest BCUT2D eigenvalue weighted by Gasteiger charge is 2.41. The first kappa shape index (κ1) is 17.7. The zero-order valence-electron chi connectivity index (χ0n) is 14.5. The van der Waals surface area contributed by atoms with Gasteiger partial charge in [0.1, 0.15) is 5.76 Å². The molecule has 1 aromatic heterocycles. The van der Waals surface area contributed by atoms with Crippen LogP contribution in [0.4, 0.5) is 0 Å². The number of amides is 1. The van der Waals surface area contributed by atoms with Gasteiger partial charge in [-0.15, -0.1) is 0 Å². The van der Waals surface area contributed by atoms with Gasteiger partial charge in [-0.3, -0.25) is 4.79 Å². The number of aryl methyl sites for hydroxylation is 1. The van der Waals surface area contributed by atoms with Crippen LogP contribution >= 0.6 is 0 Å². The van der Waals surface area contributed by atoms with Crippen LogP contribution in [0.25, 0.3) is 0 Å². The second-order valence-corrected chi connectivity index (χ2v) is 6.70. The molecule has 0 aliphatic carbocycles. The Morgan fingerprint density at radius 2 is 2.04 bits per heavy atom. The summed E-state index contributed by atoms with van der Waals surface area (Å²) in [6.45, 7) is 2.18. The fraction of sp³-hybridized carbons (Fsp3) is 0.450. The molecule has 1 amide bonds. The van der Waals surface area contributed by atoms with E-state index in [-0.39, 0.29) is 12.5 Å². The topological polar surface area (TPSA) is 65.7 Å². The van der Waals surface area contributed by atoms with E-state index in [1.165, 1.54) is 5.56 Å². The van der Waals surface area contributed by atoms with Crippen LogP contribution in [0, 0.1) is 0 Å². The van der Waals surface area contributed by atoms with E-state index in [1.807, 2.05) is 30.3 Å². The van der Waals surface area contributed by atoms with E-state index in [1.54, 1.807) is 11.2 Å². The summed E-state index contributed by atoms with van der Waals surface area (Å²) in [5.41, 5.74) is -0.0280. The molecular weight excluding hydrogens is 316 g/mol. The average Bonchev–Trinajstić information content (AvgIpc) is 3.13. The smallest absolute Gasteiger partial charge is 0.255 e. The van der Waals surface area contributed by atoms with Gasteiger partial charge >= 0.3 is 0 Å². The summed E-state index contributed by atoms with van der Waals surface area (Å²) >= 11 is 0. The number of rotatable bonds is 8. The quantitative estimate of drug-likeness (QED) is 0.773. The van der Waals surface area contributed by atoms with Crippen LogP contribution < -0.4 is 5.32 Å². The lowest BCUT2D eigenvalue weighted by atomic mass is 9.91. The Hall–Kier alpha value is -2.11. The third-order valence-electron chi connectivity index (χ3n) is 4.74. The lowest BCUT2D eigenvalue weighted by molar-refractivity contribution is -0.156. The Morgan fingerprint density at radius 1 is 1.20 bits per heavy atom. The molecule has 5 heteroatoms. The molecule has 0 spiro atoms. The van der Waals surface area contributed by atoms with Crippen molar-refractivity contribution >= 4 is 5.91 Å². The molecule has 1 aliphatic heterocycles. The molecule has 0 saturated carbocycles. The lowest BCUT2D eigenvalue weighted by Crippen LogP contribution is -2.58. The summed E-state index contributed by atoms with van der Waals surface area (Å²) in [5.74, 6) is 0.644. The summed E-state index contributed by atoms with van der Waals surface area (Å²) in [7, 11) is 0. The molecule has 134 valence electrons. The first-order valence-corrected chi connectivity index (χ1v) is 8.96.